The summed E-state index contributed by atoms with van der Waals surface area (Å²) in [5.74, 6) is -1.16. The van der Waals surface area contributed by atoms with E-state index in [0.29, 0.717) is 18.0 Å². The molecular formula is C11H15ClN2O4S. The number of aromatic carboxylic acids is 1. The van der Waals surface area contributed by atoms with Gasteiger partial charge in [-0.3, -0.25) is 0 Å². The number of nitrogens with one attached hydrogen (secondary N) is 1. The number of alkyl carbamates (subject to hydrolysis) is 1. The standard InChI is InChI=1S/C11H15ClN2O4S/c1-11(2,3)18-10(17)13-5-4-6-14-7(9(15)16)8(12)19-6/h4-5H2,1-3H3,(H,13,17)(H,15,16). The van der Waals surface area contributed by atoms with Crippen LogP contribution in [-0.4, -0.2) is 34.3 Å². The zero-order valence-corrected chi connectivity index (χ0v) is 12.4. The van der Waals surface area contributed by atoms with E-state index in [0.717, 1.165) is 11.3 Å². The van der Waals surface area contributed by atoms with Gasteiger partial charge in [-0.15, -0.1) is 11.3 Å². The minimum absolute atomic E-state index is 0.139. The molecule has 1 aromatic rings. The Labute approximate surface area is 119 Å². The number of rotatable bonds is 4. The topological polar surface area (TPSA) is 88.5 Å². The fourth-order valence-electron chi connectivity index (χ4n) is 1.17. The van der Waals surface area contributed by atoms with Crippen LogP contribution in [0.15, 0.2) is 0 Å². The van der Waals surface area contributed by atoms with Crippen molar-refractivity contribution < 1.29 is 19.4 Å². The minimum Gasteiger partial charge on any atom is -0.476 e. The fraction of sp³-hybridized carbons (Fsp3) is 0.545. The van der Waals surface area contributed by atoms with E-state index in [4.69, 9.17) is 21.4 Å². The van der Waals surface area contributed by atoms with Crippen molar-refractivity contribution in [2.24, 2.45) is 0 Å². The first-order chi connectivity index (χ1) is 8.69. The molecule has 1 heterocycles. The summed E-state index contributed by atoms with van der Waals surface area (Å²) >= 11 is 6.82. The van der Waals surface area contributed by atoms with Crippen molar-refractivity contribution in [1.82, 2.24) is 10.3 Å². The molecule has 0 aromatic carbocycles. The van der Waals surface area contributed by atoms with Crippen LogP contribution in [0.1, 0.15) is 36.3 Å². The van der Waals surface area contributed by atoms with Crippen molar-refractivity contribution in [2.75, 3.05) is 6.54 Å². The van der Waals surface area contributed by atoms with Crippen LogP contribution in [0.25, 0.3) is 0 Å². The number of ether oxygens (including phenoxy) is 1. The first kappa shape index (κ1) is 15.7. The van der Waals surface area contributed by atoms with E-state index >= 15 is 0 Å². The number of carbonyl (C=O) groups is 2. The van der Waals surface area contributed by atoms with Crippen LogP contribution < -0.4 is 5.32 Å². The van der Waals surface area contributed by atoms with Gasteiger partial charge in [0.2, 0.25) is 0 Å². The molecule has 0 unspecified atom stereocenters. The maximum absolute atomic E-state index is 11.4. The van der Waals surface area contributed by atoms with Crippen molar-refractivity contribution in [3.8, 4) is 0 Å². The summed E-state index contributed by atoms with van der Waals surface area (Å²) in [5.41, 5.74) is -0.704. The van der Waals surface area contributed by atoms with Crippen LogP contribution in [0.3, 0.4) is 0 Å². The molecule has 0 radical (unpaired) electrons. The smallest absolute Gasteiger partial charge is 0.407 e. The van der Waals surface area contributed by atoms with Gasteiger partial charge in [0, 0.05) is 13.0 Å². The van der Waals surface area contributed by atoms with E-state index in [2.05, 4.69) is 10.3 Å². The molecule has 106 valence electrons. The van der Waals surface area contributed by atoms with Crippen LogP contribution in [0.2, 0.25) is 4.34 Å². The third-order valence-corrected chi connectivity index (χ3v) is 3.15. The number of thiazole rings is 1. The number of halogens is 1. The van der Waals surface area contributed by atoms with Crippen LogP contribution in [-0.2, 0) is 11.2 Å². The molecule has 1 aromatic heterocycles. The molecule has 0 aliphatic carbocycles. The molecule has 6 nitrogen and oxygen atoms in total. The van der Waals surface area contributed by atoms with Gasteiger partial charge < -0.3 is 15.2 Å². The first-order valence-electron chi connectivity index (χ1n) is 5.54. The lowest BCUT2D eigenvalue weighted by Crippen LogP contribution is -2.33. The third kappa shape index (κ3) is 5.44. The predicted octanol–water partition coefficient (Wildman–Crippen LogP) is 2.56. The Bertz CT molecular complexity index is 482. The van der Waals surface area contributed by atoms with Gasteiger partial charge in [0.15, 0.2) is 5.69 Å². The first-order valence-corrected chi connectivity index (χ1v) is 6.74. The quantitative estimate of drug-likeness (QED) is 0.892. The number of carboxylic acid groups (broad SMARTS) is 1. The van der Waals surface area contributed by atoms with Crippen LogP contribution >= 0.6 is 22.9 Å². The second-order valence-electron chi connectivity index (χ2n) is 4.71. The lowest BCUT2D eigenvalue weighted by atomic mass is 10.2. The van der Waals surface area contributed by atoms with Crippen LogP contribution in [0.5, 0.6) is 0 Å². The Morgan fingerprint density at radius 1 is 1.47 bits per heavy atom. The summed E-state index contributed by atoms with van der Waals surface area (Å²) < 4.78 is 5.19. The van der Waals surface area contributed by atoms with Crippen molar-refractivity contribution in [1.29, 1.82) is 0 Å². The van der Waals surface area contributed by atoms with Gasteiger partial charge in [-0.25, -0.2) is 14.6 Å². The van der Waals surface area contributed by atoms with Crippen molar-refractivity contribution >= 4 is 35.0 Å². The second-order valence-corrected chi connectivity index (χ2v) is 6.40. The van der Waals surface area contributed by atoms with Gasteiger partial charge in [0.1, 0.15) is 9.94 Å². The molecule has 1 rings (SSSR count). The maximum atomic E-state index is 11.4. The number of hydrogen-bond acceptors (Lipinski definition) is 5. The normalized spacial score (nSPS) is 11.2. The SMILES string of the molecule is CC(C)(C)OC(=O)NCCc1nc(C(=O)O)c(Cl)s1. The molecule has 0 saturated carbocycles. The van der Waals surface area contributed by atoms with E-state index in [-0.39, 0.29) is 10.0 Å². The Kier molecular flexibility index (Phi) is 5.13. The highest BCUT2D eigenvalue weighted by Gasteiger charge is 2.17. The maximum Gasteiger partial charge on any atom is 0.407 e. The molecule has 0 aliphatic rings. The zero-order valence-electron chi connectivity index (χ0n) is 10.8. The number of amides is 1. The van der Waals surface area contributed by atoms with Crippen molar-refractivity contribution in [3.63, 3.8) is 0 Å². The van der Waals surface area contributed by atoms with Gasteiger partial charge in [-0.05, 0) is 20.8 Å². The molecule has 0 saturated heterocycles. The average molecular weight is 307 g/mol. The summed E-state index contributed by atoms with van der Waals surface area (Å²) in [6.07, 6.45) is -0.120. The van der Waals surface area contributed by atoms with E-state index in [1.807, 2.05) is 0 Å². The number of carbonyl (C=O) groups excluding carboxylic acids is 1. The fourth-order valence-corrected chi connectivity index (χ4v) is 2.34. The largest absolute Gasteiger partial charge is 0.476 e. The molecule has 0 fully saturated rings. The number of aromatic nitrogens is 1. The molecule has 0 spiro atoms. The van der Waals surface area contributed by atoms with Gasteiger partial charge >= 0.3 is 12.1 Å². The van der Waals surface area contributed by atoms with Crippen LogP contribution in [0.4, 0.5) is 4.79 Å². The average Bonchev–Trinajstić information content (AvgIpc) is 2.57. The van der Waals surface area contributed by atoms with Gasteiger partial charge in [-0.1, -0.05) is 11.6 Å². The van der Waals surface area contributed by atoms with Crippen molar-refractivity contribution in [3.05, 3.63) is 15.0 Å². The number of nitrogens with zero attached hydrogens (tertiary/aromatic N) is 1. The Hall–Kier alpha value is -1.34. The van der Waals surface area contributed by atoms with E-state index in [1.54, 1.807) is 20.8 Å². The lowest BCUT2D eigenvalue weighted by Gasteiger charge is -2.19. The summed E-state index contributed by atoms with van der Waals surface area (Å²) in [6.45, 7) is 5.61. The third-order valence-electron chi connectivity index (χ3n) is 1.84. The van der Waals surface area contributed by atoms with E-state index in [9.17, 15) is 9.59 Å². The highest BCUT2D eigenvalue weighted by atomic mass is 35.5. The Morgan fingerprint density at radius 3 is 2.58 bits per heavy atom. The van der Waals surface area contributed by atoms with Gasteiger partial charge in [-0.2, -0.15) is 0 Å². The molecular weight excluding hydrogens is 292 g/mol. The van der Waals surface area contributed by atoms with Crippen molar-refractivity contribution in [2.45, 2.75) is 32.8 Å². The second kappa shape index (κ2) is 6.21. The van der Waals surface area contributed by atoms with Gasteiger partial charge in [0.05, 0.1) is 5.01 Å². The molecule has 1 amide bonds. The highest BCUT2D eigenvalue weighted by Crippen LogP contribution is 2.24. The summed E-state index contributed by atoms with van der Waals surface area (Å²) in [7, 11) is 0. The molecule has 0 atom stereocenters. The molecule has 19 heavy (non-hydrogen) atoms. The number of hydrogen-bond donors (Lipinski definition) is 2. The molecule has 0 aliphatic heterocycles. The Balaban J connectivity index is 2.44. The monoisotopic (exact) mass is 306 g/mol. The predicted molar refractivity (Wildman–Crippen MR) is 72.0 cm³/mol. The highest BCUT2D eigenvalue weighted by molar-refractivity contribution is 7.16. The lowest BCUT2D eigenvalue weighted by molar-refractivity contribution is 0.0527. The molecule has 0 bridgehead atoms. The molecule has 8 heteroatoms. The zero-order chi connectivity index (χ0) is 14.6. The number of carboxylic acids is 1. The van der Waals surface area contributed by atoms with E-state index in [1.165, 1.54) is 0 Å². The van der Waals surface area contributed by atoms with E-state index < -0.39 is 17.7 Å². The molecule has 2 N–H and O–H groups in total. The van der Waals surface area contributed by atoms with Crippen LogP contribution in [0, 0.1) is 0 Å². The van der Waals surface area contributed by atoms with Gasteiger partial charge in [0.25, 0.3) is 0 Å². The minimum atomic E-state index is -1.16. The summed E-state index contributed by atoms with van der Waals surface area (Å²) in [5, 5.41) is 11.9. The summed E-state index contributed by atoms with van der Waals surface area (Å²) in [4.78, 5) is 26.0. The Morgan fingerprint density at radius 2 is 2.11 bits per heavy atom. The summed E-state index contributed by atoms with van der Waals surface area (Å²) in [6, 6.07) is 0.